The number of hydrogen-bond acceptors (Lipinski definition) is 6. The molecule has 1 N–H and O–H groups in total. The fourth-order valence-corrected chi connectivity index (χ4v) is 1.50. The van der Waals surface area contributed by atoms with Crippen LogP contribution in [0.4, 0.5) is 0 Å². The number of H-pyrrole nitrogens is 1. The Kier molecular flexibility index (Phi) is 2.45. The van der Waals surface area contributed by atoms with Crippen molar-refractivity contribution in [2.75, 3.05) is 7.11 Å². The third kappa shape index (κ3) is 1.79. The molecule has 0 radical (unpaired) electrons. The van der Waals surface area contributed by atoms with Crippen molar-refractivity contribution >= 4 is 0 Å². The van der Waals surface area contributed by atoms with Crippen LogP contribution in [0.2, 0.25) is 0 Å². The highest BCUT2D eigenvalue weighted by molar-refractivity contribution is 5.46. The maximum atomic E-state index is 5.09. The lowest BCUT2D eigenvalue weighted by molar-refractivity contribution is 0.414. The Labute approximate surface area is 102 Å². The number of nitrogens with zero attached hydrogens (tertiary/aromatic N) is 6. The Morgan fingerprint density at radius 3 is 2.67 bits per heavy atom. The highest BCUT2D eigenvalue weighted by atomic mass is 16.5. The van der Waals surface area contributed by atoms with Gasteiger partial charge in [-0.25, -0.2) is 4.68 Å². The van der Waals surface area contributed by atoms with Gasteiger partial charge in [0, 0.05) is 0 Å². The predicted molar refractivity (Wildman–Crippen MR) is 61.1 cm³/mol. The van der Waals surface area contributed by atoms with Crippen LogP contribution in [0.3, 0.4) is 0 Å². The van der Waals surface area contributed by atoms with Crippen molar-refractivity contribution < 1.29 is 4.74 Å². The molecule has 0 aliphatic carbocycles. The summed E-state index contributed by atoms with van der Waals surface area (Å²) < 4.78 is 6.72. The Hall–Kier alpha value is -2.77. The Morgan fingerprint density at radius 2 is 2.00 bits per heavy atom. The van der Waals surface area contributed by atoms with Crippen molar-refractivity contribution in [1.82, 2.24) is 35.6 Å². The van der Waals surface area contributed by atoms with E-state index in [0.717, 1.165) is 11.4 Å². The number of tetrazole rings is 1. The van der Waals surface area contributed by atoms with Crippen LogP contribution in [0, 0.1) is 0 Å². The highest BCUT2D eigenvalue weighted by Crippen LogP contribution is 2.16. The van der Waals surface area contributed by atoms with E-state index in [-0.39, 0.29) is 0 Å². The number of benzene rings is 1. The summed E-state index contributed by atoms with van der Waals surface area (Å²) in [5.41, 5.74) is 1.43. The number of methoxy groups -OCH3 is 1. The number of aromatic nitrogens is 7. The van der Waals surface area contributed by atoms with Crippen molar-refractivity contribution in [1.29, 1.82) is 0 Å². The molecule has 1 aromatic carbocycles. The van der Waals surface area contributed by atoms with E-state index in [0.29, 0.717) is 11.5 Å². The quantitative estimate of drug-likeness (QED) is 0.718. The molecule has 0 atom stereocenters. The molecule has 3 rings (SSSR count). The van der Waals surface area contributed by atoms with Crippen molar-refractivity contribution in [3.05, 3.63) is 30.5 Å². The second-order valence-electron chi connectivity index (χ2n) is 3.48. The zero-order chi connectivity index (χ0) is 12.4. The topological polar surface area (TPSA) is 94.4 Å². The molecule has 0 spiro atoms. The summed E-state index contributed by atoms with van der Waals surface area (Å²) in [7, 11) is 1.62. The molecule has 0 saturated heterocycles. The summed E-state index contributed by atoms with van der Waals surface area (Å²) in [6.07, 6.45) is 1.73. The van der Waals surface area contributed by atoms with Crippen LogP contribution in [0.15, 0.2) is 30.5 Å². The number of ether oxygens (including phenoxy) is 1. The van der Waals surface area contributed by atoms with Gasteiger partial charge in [0.15, 0.2) is 5.69 Å². The summed E-state index contributed by atoms with van der Waals surface area (Å²) in [4.78, 5) is 0. The normalized spacial score (nSPS) is 10.5. The second kappa shape index (κ2) is 4.24. The van der Waals surface area contributed by atoms with Gasteiger partial charge in [0.25, 0.3) is 0 Å². The van der Waals surface area contributed by atoms with Crippen LogP contribution in [0.25, 0.3) is 17.2 Å². The van der Waals surface area contributed by atoms with Crippen molar-refractivity contribution in [3.8, 4) is 23.0 Å². The van der Waals surface area contributed by atoms with E-state index in [2.05, 4.69) is 30.9 Å². The minimum Gasteiger partial charge on any atom is -0.497 e. The van der Waals surface area contributed by atoms with Crippen LogP contribution in [0.1, 0.15) is 0 Å². The summed E-state index contributed by atoms with van der Waals surface area (Å²) in [5.74, 6) is 1.20. The number of nitrogens with one attached hydrogen (secondary N) is 1. The van der Waals surface area contributed by atoms with Crippen LogP contribution in [-0.2, 0) is 0 Å². The number of hydrogen-bond donors (Lipinski definition) is 1. The van der Waals surface area contributed by atoms with Crippen LogP contribution >= 0.6 is 0 Å². The average Bonchev–Trinajstić information content (AvgIpc) is 3.09. The summed E-state index contributed by atoms with van der Waals surface area (Å²) in [6.45, 7) is 0. The fourth-order valence-electron chi connectivity index (χ4n) is 1.50. The first-order valence-electron chi connectivity index (χ1n) is 5.17. The maximum Gasteiger partial charge on any atom is 0.226 e. The molecule has 0 unspecified atom stereocenters. The first kappa shape index (κ1) is 10.4. The van der Waals surface area contributed by atoms with Gasteiger partial charge >= 0.3 is 0 Å². The highest BCUT2D eigenvalue weighted by Gasteiger charge is 2.08. The van der Waals surface area contributed by atoms with Crippen molar-refractivity contribution in [3.63, 3.8) is 0 Å². The van der Waals surface area contributed by atoms with Crippen LogP contribution in [0.5, 0.6) is 5.75 Å². The molecule has 8 heteroatoms. The minimum absolute atomic E-state index is 0.412. The van der Waals surface area contributed by atoms with E-state index in [9.17, 15) is 0 Å². The average molecular weight is 243 g/mol. The van der Waals surface area contributed by atoms with Gasteiger partial charge < -0.3 is 4.74 Å². The summed E-state index contributed by atoms with van der Waals surface area (Å²) in [6, 6.07) is 7.47. The largest absolute Gasteiger partial charge is 0.497 e. The minimum atomic E-state index is 0.412. The van der Waals surface area contributed by atoms with Crippen molar-refractivity contribution in [2.45, 2.75) is 0 Å². The summed E-state index contributed by atoms with van der Waals surface area (Å²) >= 11 is 0. The monoisotopic (exact) mass is 243 g/mol. The van der Waals surface area contributed by atoms with E-state index in [1.807, 2.05) is 24.3 Å². The summed E-state index contributed by atoms with van der Waals surface area (Å²) in [5, 5.41) is 21.5. The molecule has 0 aliphatic rings. The molecule has 0 aliphatic heterocycles. The molecule has 0 amide bonds. The van der Waals surface area contributed by atoms with E-state index < -0.39 is 0 Å². The van der Waals surface area contributed by atoms with Gasteiger partial charge in [-0.3, -0.25) is 0 Å². The predicted octanol–water partition coefficient (Wildman–Crippen LogP) is 0.456. The first-order valence-corrected chi connectivity index (χ1v) is 5.17. The Bertz CT molecular complexity index is 629. The van der Waals surface area contributed by atoms with E-state index in [4.69, 9.17) is 4.74 Å². The van der Waals surface area contributed by atoms with Gasteiger partial charge in [-0.15, -0.1) is 15.3 Å². The molecule has 0 bridgehead atoms. The molecule has 0 saturated carbocycles. The molecule has 2 aromatic heterocycles. The Morgan fingerprint density at radius 1 is 1.17 bits per heavy atom. The maximum absolute atomic E-state index is 5.09. The van der Waals surface area contributed by atoms with Gasteiger partial charge in [-0.1, -0.05) is 5.21 Å². The number of rotatable bonds is 3. The van der Waals surface area contributed by atoms with Crippen LogP contribution < -0.4 is 4.74 Å². The lowest BCUT2D eigenvalue weighted by Gasteiger charge is -2.01. The molecule has 3 aromatic rings. The zero-order valence-corrected chi connectivity index (χ0v) is 9.48. The lowest BCUT2D eigenvalue weighted by Crippen LogP contribution is -1.94. The van der Waals surface area contributed by atoms with Gasteiger partial charge in [-0.2, -0.15) is 5.21 Å². The van der Waals surface area contributed by atoms with Gasteiger partial charge in [0.2, 0.25) is 5.82 Å². The Balaban J connectivity index is 1.92. The third-order valence-corrected chi connectivity index (χ3v) is 2.40. The van der Waals surface area contributed by atoms with E-state index in [1.54, 1.807) is 18.0 Å². The molecule has 18 heavy (non-hydrogen) atoms. The molecular formula is C10H9N7O. The standard InChI is InChI=1S/C10H9N7O/c1-18-8-4-2-7(3-5-8)17-6-9(11-16-17)10-12-14-15-13-10/h2-6H,1H3,(H,12,13,14,15). The van der Waals surface area contributed by atoms with Crippen molar-refractivity contribution in [2.24, 2.45) is 0 Å². The molecule has 0 fully saturated rings. The molecule has 8 nitrogen and oxygen atoms in total. The van der Waals surface area contributed by atoms with Gasteiger partial charge in [-0.05, 0) is 29.5 Å². The third-order valence-electron chi connectivity index (χ3n) is 2.40. The van der Waals surface area contributed by atoms with Crippen LogP contribution in [-0.4, -0.2) is 42.7 Å². The number of aromatic amines is 1. The zero-order valence-electron chi connectivity index (χ0n) is 9.48. The van der Waals surface area contributed by atoms with E-state index in [1.165, 1.54) is 0 Å². The molecular weight excluding hydrogens is 234 g/mol. The molecule has 2 heterocycles. The lowest BCUT2D eigenvalue weighted by atomic mass is 10.3. The van der Waals surface area contributed by atoms with Gasteiger partial charge in [0.05, 0.1) is 19.0 Å². The second-order valence-corrected chi connectivity index (χ2v) is 3.48. The SMILES string of the molecule is COc1ccc(-n2cc(-c3nn[nH]n3)nn2)cc1. The molecule has 90 valence electrons. The first-order chi connectivity index (χ1) is 8.86. The smallest absolute Gasteiger partial charge is 0.226 e. The van der Waals surface area contributed by atoms with Gasteiger partial charge in [0.1, 0.15) is 5.75 Å². The fraction of sp³-hybridized carbons (Fsp3) is 0.100. The van der Waals surface area contributed by atoms with E-state index >= 15 is 0 Å².